The summed E-state index contributed by atoms with van der Waals surface area (Å²) < 4.78 is 38.3. The Kier molecular flexibility index (Phi) is 4.33. The lowest BCUT2D eigenvalue weighted by atomic mass is 10.2. The highest BCUT2D eigenvalue weighted by molar-refractivity contribution is 7.98. The minimum atomic E-state index is -2.72. The highest BCUT2D eigenvalue weighted by atomic mass is 32.2. The molecule has 0 unspecified atom stereocenters. The van der Waals surface area contributed by atoms with Gasteiger partial charge in [-0.3, -0.25) is 9.59 Å². The van der Waals surface area contributed by atoms with Crippen LogP contribution in [-0.2, 0) is 5.75 Å². The fourth-order valence-electron chi connectivity index (χ4n) is 1.46. The molecule has 0 aliphatic rings. The molecule has 0 aliphatic carbocycles. The summed E-state index contributed by atoms with van der Waals surface area (Å²) in [6, 6.07) is 3.18. The molecule has 106 valence electrons. The molecular formula is C12H9F3N2O2S. The van der Waals surface area contributed by atoms with E-state index in [9.17, 15) is 22.8 Å². The zero-order valence-corrected chi connectivity index (χ0v) is 10.8. The third-order valence-electron chi connectivity index (χ3n) is 2.45. The number of rotatable bonds is 4. The van der Waals surface area contributed by atoms with Gasteiger partial charge >= 0.3 is 11.1 Å². The number of hydrogen-bond acceptors (Lipinski definition) is 3. The summed E-state index contributed by atoms with van der Waals surface area (Å²) in [7, 11) is 0. The van der Waals surface area contributed by atoms with E-state index >= 15 is 0 Å². The number of aromatic nitrogens is 2. The van der Waals surface area contributed by atoms with Crippen LogP contribution in [0.15, 0.2) is 38.9 Å². The first-order valence-electron chi connectivity index (χ1n) is 5.48. The third-order valence-corrected chi connectivity index (χ3v) is 3.55. The predicted molar refractivity (Wildman–Crippen MR) is 68.6 cm³/mol. The van der Waals surface area contributed by atoms with Crippen LogP contribution in [0.3, 0.4) is 0 Å². The lowest BCUT2D eigenvalue weighted by Gasteiger charge is -2.05. The van der Waals surface area contributed by atoms with Crippen molar-refractivity contribution in [3.63, 3.8) is 0 Å². The molecule has 0 aliphatic heterocycles. The second-order valence-corrected chi connectivity index (χ2v) is 4.89. The molecule has 0 atom stereocenters. The van der Waals surface area contributed by atoms with Gasteiger partial charge in [0.1, 0.15) is 5.82 Å². The van der Waals surface area contributed by atoms with Crippen molar-refractivity contribution in [2.45, 2.75) is 17.1 Å². The number of hydrogen-bond donors (Lipinski definition) is 2. The van der Waals surface area contributed by atoms with Gasteiger partial charge in [-0.15, -0.1) is 11.8 Å². The van der Waals surface area contributed by atoms with Gasteiger partial charge in [-0.2, -0.15) is 0 Å². The average molecular weight is 302 g/mol. The first-order valence-corrected chi connectivity index (χ1v) is 6.47. The molecule has 8 heteroatoms. The largest absolute Gasteiger partial charge is 0.323 e. The minimum Gasteiger partial charge on any atom is -0.323 e. The number of aromatic amines is 2. The molecule has 1 heterocycles. The first kappa shape index (κ1) is 14.4. The molecule has 2 rings (SSSR count). The Balaban J connectivity index is 2.12. The van der Waals surface area contributed by atoms with Crippen LogP contribution in [0.4, 0.5) is 13.2 Å². The Bertz CT molecular complexity index is 727. The van der Waals surface area contributed by atoms with E-state index in [2.05, 4.69) is 9.97 Å². The van der Waals surface area contributed by atoms with Gasteiger partial charge in [0.15, 0.2) is 0 Å². The summed E-state index contributed by atoms with van der Waals surface area (Å²) >= 11 is 1.02. The van der Waals surface area contributed by atoms with E-state index in [1.165, 1.54) is 12.3 Å². The van der Waals surface area contributed by atoms with Crippen molar-refractivity contribution >= 4 is 11.8 Å². The van der Waals surface area contributed by atoms with Crippen LogP contribution in [0.2, 0.25) is 0 Å². The number of halogens is 3. The highest BCUT2D eigenvalue weighted by Crippen LogP contribution is 2.28. The van der Waals surface area contributed by atoms with Crippen LogP contribution in [0, 0.1) is 5.82 Å². The standard InChI is InChI=1S/C12H9F3N2O2S/c13-8-3-6(10(14)15)1-2-9(8)20-5-7-4-16-11(18)12(19)17-7/h1-4,10H,5H2,(H,16,18)(H,17,19). The summed E-state index contributed by atoms with van der Waals surface area (Å²) in [6.45, 7) is 0. The van der Waals surface area contributed by atoms with Crippen molar-refractivity contribution in [1.29, 1.82) is 0 Å². The van der Waals surface area contributed by atoms with Crippen molar-refractivity contribution in [3.8, 4) is 0 Å². The van der Waals surface area contributed by atoms with Crippen LogP contribution in [-0.4, -0.2) is 9.97 Å². The number of alkyl halides is 2. The molecule has 0 saturated carbocycles. The average Bonchev–Trinajstić information content (AvgIpc) is 2.41. The molecule has 2 aromatic rings. The predicted octanol–water partition coefficient (Wildman–Crippen LogP) is 2.43. The zero-order chi connectivity index (χ0) is 14.7. The van der Waals surface area contributed by atoms with Crippen molar-refractivity contribution < 1.29 is 13.2 Å². The van der Waals surface area contributed by atoms with Crippen LogP contribution in [0.1, 0.15) is 17.7 Å². The summed E-state index contributed by atoms with van der Waals surface area (Å²) in [5, 5.41) is 0. The Morgan fingerprint density at radius 3 is 2.55 bits per heavy atom. The lowest BCUT2D eigenvalue weighted by molar-refractivity contribution is 0.151. The third kappa shape index (κ3) is 3.32. The fraction of sp³-hybridized carbons (Fsp3) is 0.167. The maximum Gasteiger partial charge on any atom is 0.313 e. The lowest BCUT2D eigenvalue weighted by Crippen LogP contribution is -2.29. The monoisotopic (exact) mass is 302 g/mol. The highest BCUT2D eigenvalue weighted by Gasteiger charge is 2.11. The second-order valence-electron chi connectivity index (χ2n) is 3.88. The molecule has 1 aromatic carbocycles. The molecule has 0 saturated heterocycles. The molecule has 0 fully saturated rings. The molecule has 0 amide bonds. The number of nitrogens with one attached hydrogen (secondary N) is 2. The summed E-state index contributed by atoms with van der Waals surface area (Å²) in [6.07, 6.45) is -1.42. The van der Waals surface area contributed by atoms with Crippen molar-refractivity contribution in [2.24, 2.45) is 0 Å². The number of benzene rings is 1. The van der Waals surface area contributed by atoms with Gasteiger partial charge in [0.2, 0.25) is 0 Å². The summed E-state index contributed by atoms with van der Waals surface area (Å²) in [5.74, 6) is -0.559. The van der Waals surface area contributed by atoms with Crippen LogP contribution in [0.25, 0.3) is 0 Å². The van der Waals surface area contributed by atoms with Crippen molar-refractivity contribution in [3.05, 3.63) is 62.2 Å². The van der Waals surface area contributed by atoms with Gasteiger partial charge in [-0.05, 0) is 12.1 Å². The minimum absolute atomic E-state index is 0.182. The van der Waals surface area contributed by atoms with Crippen LogP contribution >= 0.6 is 11.8 Å². The second kappa shape index (κ2) is 6.00. The normalized spacial score (nSPS) is 11.0. The molecule has 2 N–H and O–H groups in total. The van der Waals surface area contributed by atoms with Crippen LogP contribution in [0.5, 0.6) is 0 Å². The van der Waals surface area contributed by atoms with Gasteiger partial charge in [0.05, 0.1) is 0 Å². The van der Waals surface area contributed by atoms with E-state index in [1.807, 2.05) is 0 Å². The maximum absolute atomic E-state index is 13.6. The van der Waals surface area contributed by atoms with Gasteiger partial charge in [-0.1, -0.05) is 6.07 Å². The molecule has 0 spiro atoms. The molecule has 1 aromatic heterocycles. The van der Waals surface area contributed by atoms with Crippen LogP contribution < -0.4 is 11.1 Å². The quantitative estimate of drug-likeness (QED) is 0.673. The molecular weight excluding hydrogens is 293 g/mol. The molecule has 0 bridgehead atoms. The van der Waals surface area contributed by atoms with E-state index in [-0.39, 0.29) is 16.2 Å². The van der Waals surface area contributed by atoms with Gasteiger partial charge in [-0.25, -0.2) is 13.2 Å². The van der Waals surface area contributed by atoms with E-state index in [0.717, 1.165) is 23.9 Å². The number of thioether (sulfide) groups is 1. The van der Waals surface area contributed by atoms with Crippen molar-refractivity contribution in [2.75, 3.05) is 0 Å². The Hall–Kier alpha value is -1.96. The summed E-state index contributed by atoms with van der Waals surface area (Å²) in [4.78, 5) is 26.7. The Labute approximate surface area is 115 Å². The van der Waals surface area contributed by atoms with Gasteiger partial charge in [0.25, 0.3) is 6.43 Å². The van der Waals surface area contributed by atoms with E-state index in [4.69, 9.17) is 0 Å². The zero-order valence-electron chi connectivity index (χ0n) is 9.95. The van der Waals surface area contributed by atoms with E-state index in [1.54, 1.807) is 0 Å². The van der Waals surface area contributed by atoms with Crippen molar-refractivity contribution in [1.82, 2.24) is 9.97 Å². The van der Waals surface area contributed by atoms with E-state index in [0.29, 0.717) is 5.69 Å². The SMILES string of the molecule is O=c1[nH]cc(CSc2ccc(C(F)F)cc2F)[nH]c1=O. The Morgan fingerprint density at radius 2 is 1.95 bits per heavy atom. The Morgan fingerprint density at radius 1 is 1.20 bits per heavy atom. The maximum atomic E-state index is 13.6. The van der Waals surface area contributed by atoms with Gasteiger partial charge < -0.3 is 9.97 Å². The molecule has 4 nitrogen and oxygen atoms in total. The topological polar surface area (TPSA) is 65.7 Å². The smallest absolute Gasteiger partial charge is 0.313 e. The molecule has 0 radical (unpaired) electrons. The first-order chi connectivity index (χ1) is 9.47. The summed E-state index contributed by atoms with van der Waals surface area (Å²) in [5.41, 5.74) is -1.55. The van der Waals surface area contributed by atoms with Gasteiger partial charge in [0, 0.05) is 28.1 Å². The molecule has 20 heavy (non-hydrogen) atoms. The fourth-order valence-corrected chi connectivity index (χ4v) is 2.29. The number of H-pyrrole nitrogens is 2. The van der Waals surface area contributed by atoms with E-state index < -0.39 is 23.4 Å².